The number of carbonyl (C=O) groups excluding carboxylic acids is 2. The van der Waals surface area contributed by atoms with Gasteiger partial charge in [0.2, 0.25) is 0 Å². The summed E-state index contributed by atoms with van der Waals surface area (Å²) >= 11 is 3.47. The van der Waals surface area contributed by atoms with Crippen molar-refractivity contribution in [1.82, 2.24) is 0 Å². The number of hydrogen-bond acceptors (Lipinski definition) is 4. The summed E-state index contributed by atoms with van der Waals surface area (Å²) in [6, 6.07) is 7.85. The predicted molar refractivity (Wildman–Crippen MR) is 125 cm³/mol. The number of hydrogen-bond donors (Lipinski definition) is 0. The van der Waals surface area contributed by atoms with E-state index in [0.717, 1.165) is 22.9 Å². The number of esters is 2. The van der Waals surface area contributed by atoms with Crippen molar-refractivity contribution in [3.63, 3.8) is 0 Å². The molecule has 0 aliphatic rings. The minimum Gasteiger partial charge on any atom is -0.466 e. The lowest BCUT2D eigenvalue weighted by Crippen LogP contribution is -2.12. The van der Waals surface area contributed by atoms with E-state index < -0.39 is 0 Å². The molecule has 0 saturated heterocycles. The molecule has 170 valence electrons. The van der Waals surface area contributed by atoms with Crippen LogP contribution in [0.2, 0.25) is 0 Å². The van der Waals surface area contributed by atoms with Gasteiger partial charge in [0, 0.05) is 10.9 Å². The molecule has 1 rings (SSSR count). The van der Waals surface area contributed by atoms with Crippen LogP contribution in [0.3, 0.4) is 0 Å². The highest BCUT2D eigenvalue weighted by Gasteiger charge is 2.09. The Morgan fingerprint density at radius 1 is 0.733 bits per heavy atom. The van der Waals surface area contributed by atoms with Crippen molar-refractivity contribution in [2.24, 2.45) is 0 Å². The number of halogens is 1. The van der Waals surface area contributed by atoms with Crippen LogP contribution in [-0.4, -0.2) is 25.2 Å². The first kappa shape index (κ1) is 26.7. The second-order valence-electron chi connectivity index (χ2n) is 7.82. The van der Waals surface area contributed by atoms with Gasteiger partial charge in [0.25, 0.3) is 0 Å². The van der Waals surface area contributed by atoms with Gasteiger partial charge in [-0.15, -0.1) is 0 Å². The van der Waals surface area contributed by atoms with E-state index >= 15 is 0 Å². The lowest BCUT2D eigenvalue weighted by Gasteiger charge is -2.07. The fraction of sp³-hybridized carbons (Fsp3) is 0.680. The van der Waals surface area contributed by atoms with Gasteiger partial charge in [-0.3, -0.25) is 9.59 Å². The summed E-state index contributed by atoms with van der Waals surface area (Å²) in [4.78, 5) is 23.5. The zero-order valence-corrected chi connectivity index (χ0v) is 20.2. The fourth-order valence-corrected chi connectivity index (χ4v) is 3.76. The quantitative estimate of drug-likeness (QED) is 0.164. The van der Waals surface area contributed by atoms with Crippen LogP contribution in [0.4, 0.5) is 0 Å². The summed E-state index contributed by atoms with van der Waals surface area (Å²) in [6.07, 6.45) is 14.7. The third-order valence-electron chi connectivity index (χ3n) is 5.14. The minimum atomic E-state index is -0.353. The van der Waals surface area contributed by atoms with Crippen LogP contribution < -0.4 is 0 Å². The monoisotopic (exact) mass is 482 g/mol. The molecule has 1 aromatic carbocycles. The Kier molecular flexibility index (Phi) is 16.4. The van der Waals surface area contributed by atoms with Gasteiger partial charge < -0.3 is 9.47 Å². The summed E-state index contributed by atoms with van der Waals surface area (Å²) in [5.41, 5.74) is 1.09. The number of rotatable bonds is 18. The maximum Gasteiger partial charge on any atom is 0.306 e. The summed E-state index contributed by atoms with van der Waals surface area (Å²) in [5.74, 6) is -0.668. The van der Waals surface area contributed by atoms with Crippen LogP contribution in [0, 0.1) is 0 Å². The van der Waals surface area contributed by atoms with Crippen molar-refractivity contribution in [3.8, 4) is 0 Å². The molecular formula is C25H39BrO4. The third-order valence-corrected chi connectivity index (χ3v) is 5.91. The Hall–Kier alpha value is -1.36. The van der Waals surface area contributed by atoms with Crippen LogP contribution in [0.15, 0.2) is 28.7 Å². The standard InChI is InChI=1S/C25H39BrO4/c1-2-3-4-5-6-7-8-9-10-11-14-20-29-24(27)17-18-25(28)30-21-19-22-15-12-13-16-23(22)26/h12-13,15-16H,2-11,14,17-21H2,1H3. The Morgan fingerprint density at radius 3 is 1.80 bits per heavy atom. The van der Waals surface area contributed by atoms with E-state index in [1.165, 1.54) is 57.8 Å². The number of ether oxygens (including phenoxy) is 2. The smallest absolute Gasteiger partial charge is 0.306 e. The molecule has 0 saturated carbocycles. The average molecular weight is 483 g/mol. The molecule has 0 heterocycles. The topological polar surface area (TPSA) is 52.6 Å². The molecule has 0 amide bonds. The first-order valence-electron chi connectivity index (χ1n) is 11.7. The van der Waals surface area contributed by atoms with Crippen molar-refractivity contribution in [2.75, 3.05) is 13.2 Å². The second-order valence-corrected chi connectivity index (χ2v) is 8.67. The van der Waals surface area contributed by atoms with Gasteiger partial charge in [0.05, 0.1) is 26.1 Å². The highest BCUT2D eigenvalue weighted by molar-refractivity contribution is 9.10. The second kappa shape index (κ2) is 18.4. The first-order chi connectivity index (χ1) is 14.6. The summed E-state index contributed by atoms with van der Waals surface area (Å²) in [7, 11) is 0. The van der Waals surface area contributed by atoms with Crippen molar-refractivity contribution >= 4 is 27.9 Å². The zero-order chi connectivity index (χ0) is 21.9. The van der Waals surface area contributed by atoms with E-state index in [4.69, 9.17) is 9.47 Å². The molecule has 30 heavy (non-hydrogen) atoms. The van der Waals surface area contributed by atoms with Gasteiger partial charge >= 0.3 is 11.9 Å². The van der Waals surface area contributed by atoms with E-state index in [1.54, 1.807) is 0 Å². The van der Waals surface area contributed by atoms with E-state index in [-0.39, 0.29) is 24.8 Å². The molecule has 1 aromatic rings. The molecule has 0 spiro atoms. The molecular weight excluding hydrogens is 444 g/mol. The van der Waals surface area contributed by atoms with Crippen LogP contribution in [0.5, 0.6) is 0 Å². The van der Waals surface area contributed by atoms with Gasteiger partial charge in [-0.25, -0.2) is 0 Å². The molecule has 0 aliphatic heterocycles. The highest BCUT2D eigenvalue weighted by atomic mass is 79.9. The Morgan fingerprint density at radius 2 is 1.23 bits per heavy atom. The Labute approximate surface area is 191 Å². The number of benzene rings is 1. The van der Waals surface area contributed by atoms with Gasteiger partial charge in [-0.05, 0) is 18.1 Å². The van der Waals surface area contributed by atoms with Crippen molar-refractivity contribution in [2.45, 2.75) is 96.8 Å². The molecule has 0 atom stereocenters. The lowest BCUT2D eigenvalue weighted by atomic mass is 10.1. The van der Waals surface area contributed by atoms with Gasteiger partial charge in [-0.1, -0.05) is 105 Å². The van der Waals surface area contributed by atoms with Crippen LogP contribution in [0.25, 0.3) is 0 Å². The Bertz CT molecular complexity index is 588. The van der Waals surface area contributed by atoms with E-state index in [2.05, 4.69) is 22.9 Å². The maximum absolute atomic E-state index is 11.8. The van der Waals surface area contributed by atoms with Crippen molar-refractivity contribution in [1.29, 1.82) is 0 Å². The van der Waals surface area contributed by atoms with Crippen molar-refractivity contribution < 1.29 is 19.1 Å². The largest absolute Gasteiger partial charge is 0.466 e. The normalized spacial score (nSPS) is 10.7. The molecule has 0 bridgehead atoms. The molecule has 0 radical (unpaired) electrons. The van der Waals surface area contributed by atoms with Gasteiger partial charge in [-0.2, -0.15) is 0 Å². The summed E-state index contributed by atoms with van der Waals surface area (Å²) in [5, 5.41) is 0. The SMILES string of the molecule is CCCCCCCCCCCCCOC(=O)CCC(=O)OCCc1ccccc1Br. The van der Waals surface area contributed by atoms with Gasteiger partial charge in [0.1, 0.15) is 0 Å². The van der Waals surface area contributed by atoms with Crippen LogP contribution in [0.1, 0.15) is 96.0 Å². The predicted octanol–water partition coefficient (Wildman–Crippen LogP) is 7.17. The number of carbonyl (C=O) groups is 2. The first-order valence-corrected chi connectivity index (χ1v) is 12.5. The lowest BCUT2D eigenvalue weighted by molar-refractivity contribution is -0.150. The molecule has 0 fully saturated rings. The van der Waals surface area contributed by atoms with E-state index in [9.17, 15) is 9.59 Å². The summed E-state index contributed by atoms with van der Waals surface area (Å²) < 4.78 is 11.4. The molecule has 0 aromatic heterocycles. The molecule has 5 heteroatoms. The third kappa shape index (κ3) is 14.6. The fourth-order valence-electron chi connectivity index (χ4n) is 3.28. The molecule has 0 N–H and O–H groups in total. The summed E-state index contributed by atoms with van der Waals surface area (Å²) in [6.45, 7) is 3.01. The van der Waals surface area contributed by atoms with E-state index in [1.807, 2.05) is 24.3 Å². The Balaban J connectivity index is 1.90. The molecule has 0 aliphatic carbocycles. The van der Waals surface area contributed by atoms with E-state index in [0.29, 0.717) is 19.6 Å². The van der Waals surface area contributed by atoms with Crippen LogP contribution >= 0.6 is 15.9 Å². The molecule has 0 unspecified atom stereocenters. The molecule has 4 nitrogen and oxygen atoms in total. The average Bonchev–Trinajstić information content (AvgIpc) is 2.74. The van der Waals surface area contributed by atoms with Gasteiger partial charge in [0.15, 0.2) is 0 Å². The zero-order valence-electron chi connectivity index (χ0n) is 18.6. The minimum absolute atomic E-state index is 0.0764. The van der Waals surface area contributed by atoms with Crippen molar-refractivity contribution in [3.05, 3.63) is 34.3 Å². The highest BCUT2D eigenvalue weighted by Crippen LogP contribution is 2.16. The van der Waals surface area contributed by atoms with Crippen LogP contribution in [-0.2, 0) is 25.5 Å². The number of unbranched alkanes of at least 4 members (excludes halogenated alkanes) is 10. The maximum atomic E-state index is 11.8.